The van der Waals surface area contributed by atoms with Gasteiger partial charge in [0.25, 0.3) is 5.91 Å². The number of nitrogens with one attached hydrogen (secondary N) is 1. The van der Waals surface area contributed by atoms with Crippen molar-refractivity contribution in [3.63, 3.8) is 0 Å². The summed E-state index contributed by atoms with van der Waals surface area (Å²) < 4.78 is 43.1. The van der Waals surface area contributed by atoms with Gasteiger partial charge in [-0.3, -0.25) is 4.79 Å². The Morgan fingerprint density at radius 1 is 1.13 bits per heavy atom. The third-order valence-corrected chi connectivity index (χ3v) is 6.33. The Labute approximate surface area is 186 Å². The van der Waals surface area contributed by atoms with Gasteiger partial charge in [-0.25, -0.2) is 9.50 Å². The van der Waals surface area contributed by atoms with Crippen LogP contribution in [0, 0.1) is 0 Å². The zero-order valence-electron chi connectivity index (χ0n) is 15.8. The molecule has 0 bridgehead atoms. The van der Waals surface area contributed by atoms with E-state index in [-0.39, 0.29) is 21.5 Å². The number of quaternary nitrogens is 1. The number of rotatable bonds is 2. The molecule has 0 spiro atoms. The molecular formula is C19H17Br2F3N5O+. The maximum atomic E-state index is 13.8. The zero-order chi connectivity index (χ0) is 21.6. The van der Waals surface area contributed by atoms with E-state index in [1.807, 2.05) is 7.05 Å². The molecule has 0 radical (unpaired) electrons. The van der Waals surface area contributed by atoms with Gasteiger partial charge in [0.05, 0.1) is 43.4 Å². The van der Waals surface area contributed by atoms with E-state index in [0.29, 0.717) is 23.2 Å². The number of carbonyl (C=O) groups is 1. The van der Waals surface area contributed by atoms with E-state index in [2.05, 4.69) is 41.9 Å². The van der Waals surface area contributed by atoms with Crippen molar-refractivity contribution in [2.75, 3.05) is 33.2 Å². The number of carbonyl (C=O) groups excluding carboxylic acids is 1. The van der Waals surface area contributed by atoms with E-state index in [9.17, 15) is 18.0 Å². The third kappa shape index (κ3) is 3.97. The number of halogens is 5. The summed E-state index contributed by atoms with van der Waals surface area (Å²) in [5.41, 5.74) is -0.446. The molecule has 1 aliphatic rings. The Kier molecular flexibility index (Phi) is 5.62. The van der Waals surface area contributed by atoms with Gasteiger partial charge in [-0.05, 0) is 34.1 Å². The predicted octanol–water partition coefficient (Wildman–Crippen LogP) is 2.91. The van der Waals surface area contributed by atoms with Crippen LogP contribution in [0.2, 0.25) is 0 Å². The first-order valence-electron chi connectivity index (χ1n) is 9.18. The fourth-order valence-corrected chi connectivity index (χ4v) is 4.11. The molecule has 1 aromatic carbocycles. The smallest absolute Gasteiger partial charge is 0.334 e. The summed E-state index contributed by atoms with van der Waals surface area (Å²) in [4.78, 5) is 20.2. The highest BCUT2D eigenvalue weighted by Gasteiger charge is 2.37. The maximum absolute atomic E-state index is 13.8. The molecule has 2 aromatic heterocycles. The van der Waals surface area contributed by atoms with Crippen molar-refractivity contribution < 1.29 is 22.9 Å². The topological polar surface area (TPSA) is 54.9 Å². The van der Waals surface area contributed by atoms with Gasteiger partial charge in [-0.1, -0.05) is 28.1 Å². The Morgan fingerprint density at radius 3 is 2.37 bits per heavy atom. The van der Waals surface area contributed by atoms with Crippen LogP contribution in [-0.2, 0) is 6.18 Å². The minimum atomic E-state index is -4.67. The minimum Gasteiger partial charge on any atom is -0.334 e. The van der Waals surface area contributed by atoms with Crippen LogP contribution < -0.4 is 4.90 Å². The van der Waals surface area contributed by atoms with Crippen LogP contribution >= 0.6 is 31.9 Å². The van der Waals surface area contributed by atoms with Gasteiger partial charge >= 0.3 is 6.18 Å². The number of nitrogens with zero attached hydrogens (tertiary/aromatic N) is 4. The molecule has 0 aliphatic carbocycles. The lowest BCUT2D eigenvalue weighted by Gasteiger charge is -2.29. The molecule has 11 heteroatoms. The number of likely N-dealkylation sites (N-methyl/N-ethyl adjacent to an activating group) is 1. The van der Waals surface area contributed by atoms with Crippen molar-refractivity contribution in [1.29, 1.82) is 0 Å². The number of hydrogen-bond acceptors (Lipinski definition) is 3. The van der Waals surface area contributed by atoms with Gasteiger partial charge in [-0.15, -0.1) is 0 Å². The SMILES string of the molecule is C[NH+]1CCN(C(=O)c2nn3c(C(F)(F)F)cc(-c4ccc(Br)cc4)nc3c2Br)CC1. The van der Waals surface area contributed by atoms with Crippen LogP contribution in [0.5, 0.6) is 0 Å². The van der Waals surface area contributed by atoms with Gasteiger partial charge in [0, 0.05) is 10.0 Å². The maximum Gasteiger partial charge on any atom is 0.433 e. The van der Waals surface area contributed by atoms with Crippen LogP contribution in [0.25, 0.3) is 16.9 Å². The average Bonchev–Trinajstić information content (AvgIpc) is 3.04. The van der Waals surface area contributed by atoms with Crippen LogP contribution in [0.15, 0.2) is 39.3 Å². The van der Waals surface area contributed by atoms with Crippen molar-refractivity contribution in [2.24, 2.45) is 0 Å². The summed E-state index contributed by atoms with van der Waals surface area (Å²) in [6, 6.07) is 7.75. The van der Waals surface area contributed by atoms with Gasteiger partial charge in [0.15, 0.2) is 17.0 Å². The molecule has 1 fully saturated rings. The first kappa shape index (κ1) is 21.3. The largest absolute Gasteiger partial charge is 0.433 e. The molecule has 4 rings (SSSR count). The molecule has 0 saturated carbocycles. The zero-order valence-corrected chi connectivity index (χ0v) is 19.0. The molecular weight excluding hydrogens is 531 g/mol. The average molecular weight is 548 g/mol. The Morgan fingerprint density at radius 2 is 1.77 bits per heavy atom. The summed E-state index contributed by atoms with van der Waals surface area (Å²) >= 11 is 6.59. The summed E-state index contributed by atoms with van der Waals surface area (Å²) in [5, 5.41) is 4.00. The Bertz CT molecular complexity index is 1110. The number of aromatic nitrogens is 3. The van der Waals surface area contributed by atoms with Gasteiger partial charge in [0.2, 0.25) is 0 Å². The summed E-state index contributed by atoms with van der Waals surface area (Å²) in [6.45, 7) is 2.59. The van der Waals surface area contributed by atoms with Crippen LogP contribution in [0.3, 0.4) is 0 Å². The quantitative estimate of drug-likeness (QED) is 0.537. The van der Waals surface area contributed by atoms with Crippen molar-refractivity contribution in [1.82, 2.24) is 19.5 Å². The first-order chi connectivity index (χ1) is 14.1. The Balaban J connectivity index is 1.84. The summed E-state index contributed by atoms with van der Waals surface area (Å²) in [6.07, 6.45) is -4.67. The number of fused-ring (bicyclic) bond motifs is 1. The molecule has 1 aliphatic heterocycles. The Hall–Kier alpha value is -1.98. The fourth-order valence-electron chi connectivity index (χ4n) is 3.34. The molecule has 30 heavy (non-hydrogen) atoms. The second kappa shape index (κ2) is 7.93. The second-order valence-electron chi connectivity index (χ2n) is 7.18. The van der Waals surface area contributed by atoms with E-state index in [0.717, 1.165) is 23.6 Å². The molecule has 0 unspecified atom stereocenters. The fraction of sp³-hybridized carbons (Fsp3) is 0.316. The van der Waals surface area contributed by atoms with Crippen molar-refractivity contribution in [2.45, 2.75) is 6.18 Å². The van der Waals surface area contributed by atoms with Gasteiger partial charge < -0.3 is 9.80 Å². The van der Waals surface area contributed by atoms with E-state index in [1.165, 1.54) is 4.90 Å². The van der Waals surface area contributed by atoms with E-state index in [4.69, 9.17) is 0 Å². The highest BCUT2D eigenvalue weighted by Crippen LogP contribution is 2.35. The molecule has 1 N–H and O–H groups in total. The number of alkyl halides is 3. The van der Waals surface area contributed by atoms with Gasteiger partial charge in [0.1, 0.15) is 0 Å². The number of hydrogen-bond donors (Lipinski definition) is 1. The number of amides is 1. The molecule has 3 aromatic rings. The molecule has 0 atom stereocenters. The van der Waals surface area contributed by atoms with E-state index in [1.54, 1.807) is 29.2 Å². The van der Waals surface area contributed by atoms with Crippen LogP contribution in [0.4, 0.5) is 13.2 Å². The number of benzene rings is 1. The molecule has 6 nitrogen and oxygen atoms in total. The lowest BCUT2D eigenvalue weighted by molar-refractivity contribution is -0.883. The summed E-state index contributed by atoms with van der Waals surface area (Å²) in [5.74, 6) is -0.404. The van der Waals surface area contributed by atoms with Crippen molar-refractivity contribution >= 4 is 43.4 Å². The summed E-state index contributed by atoms with van der Waals surface area (Å²) in [7, 11) is 2.03. The van der Waals surface area contributed by atoms with Crippen molar-refractivity contribution in [3.05, 3.63) is 50.7 Å². The minimum absolute atomic E-state index is 0.0501. The standard InChI is InChI=1S/C19H16Br2F3N5O/c1-27-6-8-28(9-7-27)18(30)16-15(21)17-25-13(11-2-4-12(20)5-3-11)10-14(19(22,23)24)29(17)26-16/h2-5,10H,6-9H2,1H3/p+1. The highest BCUT2D eigenvalue weighted by molar-refractivity contribution is 9.11. The van der Waals surface area contributed by atoms with Crippen LogP contribution in [0.1, 0.15) is 16.2 Å². The lowest BCUT2D eigenvalue weighted by atomic mass is 10.1. The molecule has 158 valence electrons. The molecule has 3 heterocycles. The van der Waals surface area contributed by atoms with E-state index >= 15 is 0 Å². The normalized spacial score (nSPS) is 15.7. The monoisotopic (exact) mass is 546 g/mol. The number of piperazine rings is 1. The lowest BCUT2D eigenvalue weighted by Crippen LogP contribution is -3.12. The van der Waals surface area contributed by atoms with Crippen molar-refractivity contribution in [3.8, 4) is 11.3 Å². The molecule has 1 saturated heterocycles. The van der Waals surface area contributed by atoms with Gasteiger partial charge in [-0.2, -0.15) is 18.3 Å². The first-order valence-corrected chi connectivity index (χ1v) is 10.8. The van der Waals surface area contributed by atoms with Crippen LogP contribution in [-0.4, -0.2) is 58.6 Å². The second-order valence-corrected chi connectivity index (χ2v) is 8.89. The molecule has 1 amide bonds. The highest BCUT2D eigenvalue weighted by atomic mass is 79.9. The van der Waals surface area contributed by atoms with E-state index < -0.39 is 17.8 Å². The third-order valence-electron chi connectivity index (χ3n) is 5.07. The predicted molar refractivity (Wildman–Crippen MR) is 111 cm³/mol.